The Hall–Kier alpha value is -3.64. The van der Waals surface area contributed by atoms with Gasteiger partial charge in [0.15, 0.2) is 5.11 Å². The van der Waals surface area contributed by atoms with Crippen molar-refractivity contribution < 1.29 is 4.74 Å². The minimum atomic E-state index is -0.100. The Bertz CT molecular complexity index is 1350. The lowest BCUT2D eigenvalue weighted by atomic mass is 10.1. The normalized spacial score (nSPS) is 10.8. The van der Waals surface area contributed by atoms with Crippen molar-refractivity contribution in [3.8, 4) is 5.75 Å². The Kier molecular flexibility index (Phi) is 7.28. The molecule has 4 aromatic rings. The number of methoxy groups -OCH3 is 1. The zero-order valence-electron chi connectivity index (χ0n) is 19.7. The van der Waals surface area contributed by atoms with E-state index in [2.05, 4.69) is 29.4 Å². The molecule has 5 nitrogen and oxygen atoms in total. The maximum atomic E-state index is 12.9. The summed E-state index contributed by atoms with van der Waals surface area (Å²) in [5.74, 6) is 0.799. The predicted molar refractivity (Wildman–Crippen MR) is 144 cm³/mol. The Morgan fingerprint density at radius 3 is 2.38 bits per heavy atom. The zero-order valence-corrected chi connectivity index (χ0v) is 20.5. The SMILES string of the molecule is CCc1ccc(NC(=S)N(Cc2ccc(OC)cc2)Cc2cc3cccc(C)c3[nH]c2=O)cc1. The number of aryl methyl sites for hydroxylation is 2. The highest BCUT2D eigenvalue weighted by molar-refractivity contribution is 7.80. The van der Waals surface area contributed by atoms with E-state index in [0.717, 1.165) is 39.9 Å². The molecule has 0 bridgehead atoms. The molecule has 0 radical (unpaired) electrons. The van der Waals surface area contributed by atoms with E-state index >= 15 is 0 Å². The molecule has 4 rings (SSSR count). The monoisotopic (exact) mass is 471 g/mol. The minimum absolute atomic E-state index is 0.100. The van der Waals surface area contributed by atoms with Crippen molar-refractivity contribution in [3.05, 3.63) is 105 Å². The summed E-state index contributed by atoms with van der Waals surface area (Å²) >= 11 is 5.80. The van der Waals surface area contributed by atoms with Crippen LogP contribution in [-0.2, 0) is 19.5 Å². The summed E-state index contributed by atoms with van der Waals surface area (Å²) in [5.41, 5.74) is 5.74. The number of ether oxygens (including phenoxy) is 1. The molecule has 0 aliphatic heterocycles. The van der Waals surface area contributed by atoms with Crippen LogP contribution < -0.4 is 15.6 Å². The van der Waals surface area contributed by atoms with Gasteiger partial charge in [0.1, 0.15) is 5.75 Å². The molecule has 3 aromatic carbocycles. The third-order valence-corrected chi connectivity index (χ3v) is 6.32. The number of nitrogens with one attached hydrogen (secondary N) is 2. The van der Waals surface area contributed by atoms with Crippen LogP contribution in [0.25, 0.3) is 10.9 Å². The molecule has 0 aliphatic carbocycles. The topological polar surface area (TPSA) is 57.4 Å². The van der Waals surface area contributed by atoms with Crippen LogP contribution in [0.1, 0.15) is 29.2 Å². The molecule has 0 spiro atoms. The van der Waals surface area contributed by atoms with Gasteiger partial charge in [0, 0.05) is 17.8 Å². The summed E-state index contributed by atoms with van der Waals surface area (Å²) < 4.78 is 5.28. The number of aromatic nitrogens is 1. The summed E-state index contributed by atoms with van der Waals surface area (Å²) in [7, 11) is 1.65. The van der Waals surface area contributed by atoms with Crippen molar-refractivity contribution in [2.45, 2.75) is 33.4 Å². The Morgan fingerprint density at radius 1 is 1.00 bits per heavy atom. The van der Waals surface area contributed by atoms with Crippen LogP contribution in [0, 0.1) is 6.92 Å². The lowest BCUT2D eigenvalue weighted by Gasteiger charge is -2.26. The van der Waals surface area contributed by atoms with Crippen molar-refractivity contribution in [1.29, 1.82) is 0 Å². The van der Waals surface area contributed by atoms with E-state index in [0.29, 0.717) is 23.8 Å². The number of thiocarbonyl (C=S) groups is 1. The summed E-state index contributed by atoms with van der Waals surface area (Å²) in [6.45, 7) is 5.06. The first kappa shape index (κ1) is 23.5. The lowest BCUT2D eigenvalue weighted by Crippen LogP contribution is -2.35. The average Bonchev–Trinajstić information content (AvgIpc) is 2.85. The lowest BCUT2D eigenvalue weighted by molar-refractivity contribution is 0.406. The smallest absolute Gasteiger partial charge is 0.253 e. The molecule has 0 fully saturated rings. The van der Waals surface area contributed by atoms with Gasteiger partial charge in [-0.1, -0.05) is 49.4 Å². The molecule has 0 saturated heterocycles. The number of nitrogens with zero attached hydrogens (tertiary/aromatic N) is 1. The molecule has 2 N–H and O–H groups in total. The quantitative estimate of drug-likeness (QED) is 0.333. The van der Waals surface area contributed by atoms with Crippen molar-refractivity contribution in [1.82, 2.24) is 9.88 Å². The third-order valence-electron chi connectivity index (χ3n) is 5.96. The third kappa shape index (κ3) is 5.46. The molecule has 0 unspecified atom stereocenters. The van der Waals surface area contributed by atoms with E-state index < -0.39 is 0 Å². The van der Waals surface area contributed by atoms with Gasteiger partial charge in [0.25, 0.3) is 5.56 Å². The molecular weight excluding hydrogens is 442 g/mol. The number of pyridine rings is 1. The Labute approximate surface area is 205 Å². The number of rotatable bonds is 7. The van der Waals surface area contributed by atoms with Crippen molar-refractivity contribution in [2.24, 2.45) is 0 Å². The number of hydrogen-bond acceptors (Lipinski definition) is 3. The van der Waals surface area contributed by atoms with Crippen molar-refractivity contribution in [3.63, 3.8) is 0 Å². The van der Waals surface area contributed by atoms with E-state index in [9.17, 15) is 4.79 Å². The van der Waals surface area contributed by atoms with Gasteiger partial charge in [-0.3, -0.25) is 4.79 Å². The molecule has 1 aromatic heterocycles. The van der Waals surface area contributed by atoms with E-state index in [1.165, 1.54) is 5.56 Å². The van der Waals surface area contributed by atoms with E-state index in [-0.39, 0.29) is 5.56 Å². The Morgan fingerprint density at radius 2 is 1.71 bits per heavy atom. The summed E-state index contributed by atoms with van der Waals surface area (Å²) in [5, 5.41) is 4.91. The summed E-state index contributed by atoms with van der Waals surface area (Å²) in [6.07, 6.45) is 0.985. The van der Waals surface area contributed by atoms with Gasteiger partial charge in [-0.15, -0.1) is 0 Å². The second-order valence-electron chi connectivity index (χ2n) is 8.35. The second-order valence-corrected chi connectivity index (χ2v) is 8.73. The van der Waals surface area contributed by atoms with Gasteiger partial charge >= 0.3 is 0 Å². The number of benzene rings is 3. The largest absolute Gasteiger partial charge is 0.497 e. The number of anilines is 1. The number of para-hydroxylation sites is 1. The number of aromatic amines is 1. The summed E-state index contributed by atoms with van der Waals surface area (Å²) in [6, 6.07) is 24.1. The second kappa shape index (κ2) is 10.5. The minimum Gasteiger partial charge on any atom is -0.497 e. The van der Waals surface area contributed by atoms with Crippen LogP contribution in [0.15, 0.2) is 77.6 Å². The first-order chi connectivity index (χ1) is 16.5. The van der Waals surface area contributed by atoms with Crippen molar-refractivity contribution in [2.75, 3.05) is 12.4 Å². The van der Waals surface area contributed by atoms with Gasteiger partial charge in [0.2, 0.25) is 0 Å². The van der Waals surface area contributed by atoms with Crippen LogP contribution in [0.3, 0.4) is 0 Å². The van der Waals surface area contributed by atoms with Crippen LogP contribution in [0.4, 0.5) is 5.69 Å². The maximum absolute atomic E-state index is 12.9. The standard InChI is InChI=1S/C28H29N3O2S/c1-4-20-8-12-24(13-9-20)29-28(34)31(17-21-10-14-25(33-3)15-11-21)18-23-16-22-7-5-6-19(2)26(22)30-27(23)32/h5-16H,4,17-18H2,1-3H3,(H,29,34)(H,30,32). The molecule has 0 saturated carbocycles. The molecule has 6 heteroatoms. The predicted octanol–water partition coefficient (Wildman–Crippen LogP) is 5.81. The Balaban J connectivity index is 1.63. The molecular formula is C28H29N3O2S. The van der Waals surface area contributed by atoms with Gasteiger partial charge in [-0.2, -0.15) is 0 Å². The zero-order chi connectivity index (χ0) is 24.1. The van der Waals surface area contributed by atoms with Gasteiger partial charge in [-0.05, 0) is 78.0 Å². The number of hydrogen-bond donors (Lipinski definition) is 2. The van der Waals surface area contributed by atoms with Crippen LogP contribution in [0.2, 0.25) is 0 Å². The molecule has 0 aliphatic rings. The summed E-state index contributed by atoms with van der Waals surface area (Å²) in [4.78, 5) is 18.0. The van der Waals surface area contributed by atoms with E-state index in [1.54, 1.807) is 7.11 Å². The highest BCUT2D eigenvalue weighted by Crippen LogP contribution is 2.19. The van der Waals surface area contributed by atoms with Crippen LogP contribution >= 0.6 is 12.2 Å². The molecule has 174 valence electrons. The maximum Gasteiger partial charge on any atom is 0.253 e. The van der Waals surface area contributed by atoms with Crippen LogP contribution in [0.5, 0.6) is 5.75 Å². The van der Waals surface area contributed by atoms with Gasteiger partial charge in [0.05, 0.1) is 19.2 Å². The van der Waals surface area contributed by atoms with Gasteiger partial charge < -0.3 is 19.9 Å². The highest BCUT2D eigenvalue weighted by Gasteiger charge is 2.15. The van der Waals surface area contributed by atoms with Crippen LogP contribution in [-0.4, -0.2) is 22.1 Å². The molecule has 34 heavy (non-hydrogen) atoms. The fraction of sp³-hybridized carbons (Fsp3) is 0.214. The molecule has 0 amide bonds. The first-order valence-electron chi connectivity index (χ1n) is 11.4. The average molecular weight is 472 g/mol. The molecule has 0 atom stereocenters. The number of H-pyrrole nitrogens is 1. The van der Waals surface area contributed by atoms with Gasteiger partial charge in [-0.25, -0.2) is 0 Å². The fourth-order valence-corrected chi connectivity index (χ4v) is 4.18. The molecule has 1 heterocycles. The number of fused-ring (bicyclic) bond motifs is 1. The first-order valence-corrected chi connectivity index (χ1v) is 11.8. The van der Waals surface area contributed by atoms with Crippen molar-refractivity contribution >= 4 is 33.9 Å². The highest BCUT2D eigenvalue weighted by atomic mass is 32.1. The van der Waals surface area contributed by atoms with E-state index in [1.807, 2.05) is 72.5 Å². The van der Waals surface area contributed by atoms with E-state index in [4.69, 9.17) is 17.0 Å². The fourth-order valence-electron chi connectivity index (χ4n) is 3.93.